The number of ether oxygens (including phenoxy) is 1. The van der Waals surface area contributed by atoms with Gasteiger partial charge in [0.15, 0.2) is 11.5 Å². The highest BCUT2D eigenvalue weighted by molar-refractivity contribution is 6.11. The molecular formula is C20H18N2O3. The van der Waals surface area contributed by atoms with Gasteiger partial charge in [-0.05, 0) is 24.3 Å². The maximum Gasteiger partial charge on any atom is 0.199 e. The summed E-state index contributed by atoms with van der Waals surface area (Å²) in [7, 11) is 1.52. The van der Waals surface area contributed by atoms with Crippen LogP contribution in [-0.2, 0) is 0 Å². The van der Waals surface area contributed by atoms with Crippen LogP contribution in [0.2, 0.25) is 0 Å². The number of ketones is 1. The Morgan fingerprint density at radius 2 is 1.60 bits per heavy atom. The maximum atomic E-state index is 12.9. The zero-order valence-electron chi connectivity index (χ0n) is 13.7. The van der Waals surface area contributed by atoms with Crippen molar-refractivity contribution in [3.05, 3.63) is 95.2 Å². The van der Waals surface area contributed by atoms with E-state index in [-0.39, 0.29) is 11.0 Å². The predicted molar refractivity (Wildman–Crippen MR) is 96.9 cm³/mol. The van der Waals surface area contributed by atoms with Crippen molar-refractivity contribution < 1.29 is 14.7 Å². The summed E-state index contributed by atoms with van der Waals surface area (Å²) < 4.78 is 5.21. The van der Waals surface area contributed by atoms with Gasteiger partial charge in [0.1, 0.15) is 5.75 Å². The monoisotopic (exact) mass is 334 g/mol. The molecule has 3 aromatic carbocycles. The van der Waals surface area contributed by atoms with Crippen LogP contribution in [0.25, 0.3) is 0 Å². The van der Waals surface area contributed by atoms with Gasteiger partial charge in [-0.15, -0.1) is 0 Å². The first kappa shape index (κ1) is 16.7. The summed E-state index contributed by atoms with van der Waals surface area (Å²) in [4.78, 5) is 12.9. The van der Waals surface area contributed by atoms with Crippen LogP contribution in [0.5, 0.6) is 5.75 Å². The Labute approximate surface area is 146 Å². The Morgan fingerprint density at radius 3 is 2.24 bits per heavy atom. The van der Waals surface area contributed by atoms with E-state index < -0.39 is 0 Å². The Morgan fingerprint density at radius 1 is 0.960 bits per heavy atom. The number of carbonyl (C=O) groups excluding carboxylic acids is 1. The Bertz CT molecular complexity index is 851. The van der Waals surface area contributed by atoms with Crippen molar-refractivity contribution in [1.29, 1.82) is 0 Å². The van der Waals surface area contributed by atoms with E-state index in [1.807, 2.05) is 24.3 Å². The second kappa shape index (κ2) is 7.61. The van der Waals surface area contributed by atoms with E-state index in [1.165, 1.54) is 7.11 Å². The quantitative estimate of drug-likeness (QED) is 0.537. The summed E-state index contributed by atoms with van der Waals surface area (Å²) in [6.45, 7) is 0. The normalized spacial score (nSPS) is 11.6. The molecule has 3 rings (SSSR count). The fourth-order valence-electron chi connectivity index (χ4n) is 2.50. The van der Waals surface area contributed by atoms with E-state index >= 15 is 0 Å². The highest BCUT2D eigenvalue weighted by Crippen LogP contribution is 2.22. The summed E-state index contributed by atoms with van der Waals surface area (Å²) >= 11 is 0. The van der Waals surface area contributed by atoms with Crippen LogP contribution in [-0.4, -0.2) is 12.9 Å². The first-order valence-corrected chi connectivity index (χ1v) is 7.83. The smallest absolute Gasteiger partial charge is 0.199 e. The van der Waals surface area contributed by atoms with Gasteiger partial charge in [0.05, 0.1) is 18.4 Å². The number of benzene rings is 3. The molecule has 3 aromatic rings. The van der Waals surface area contributed by atoms with E-state index in [0.717, 1.165) is 0 Å². The standard InChI is InChI=1S/C20H18N2O3/c1-25-17-12-13-19(22(24)21-16-10-6-3-7-11-16)18(14-17)20(23)15-8-4-2-5-9-15/h2-14,21-22H,1H3. The van der Waals surface area contributed by atoms with E-state index in [0.29, 0.717) is 28.3 Å². The molecule has 1 atom stereocenters. The zero-order valence-corrected chi connectivity index (χ0v) is 13.7. The third-order valence-electron chi connectivity index (χ3n) is 3.78. The van der Waals surface area contributed by atoms with Crippen LogP contribution in [0.3, 0.4) is 0 Å². The average molecular weight is 334 g/mol. The first-order chi connectivity index (χ1) is 12.2. The molecule has 0 spiro atoms. The number of para-hydroxylation sites is 1. The van der Waals surface area contributed by atoms with E-state index in [1.54, 1.807) is 54.6 Å². The molecule has 0 bridgehead atoms. The largest absolute Gasteiger partial charge is 0.603 e. The molecule has 0 aliphatic heterocycles. The first-order valence-electron chi connectivity index (χ1n) is 7.83. The van der Waals surface area contributed by atoms with E-state index in [9.17, 15) is 10.0 Å². The van der Waals surface area contributed by atoms with Crippen molar-refractivity contribution in [1.82, 2.24) is 0 Å². The van der Waals surface area contributed by atoms with Gasteiger partial charge in [0.25, 0.3) is 0 Å². The molecule has 2 N–H and O–H groups in total. The number of anilines is 1. The third-order valence-corrected chi connectivity index (χ3v) is 3.78. The topological polar surface area (TPSA) is 65.8 Å². The van der Waals surface area contributed by atoms with Crippen molar-refractivity contribution >= 4 is 17.2 Å². The van der Waals surface area contributed by atoms with Crippen LogP contribution in [0.15, 0.2) is 78.9 Å². The van der Waals surface area contributed by atoms with Gasteiger partial charge in [-0.2, -0.15) is 0 Å². The molecule has 0 heterocycles. The summed E-state index contributed by atoms with van der Waals surface area (Å²) in [6, 6.07) is 22.8. The van der Waals surface area contributed by atoms with Gasteiger partial charge in [-0.1, -0.05) is 48.5 Å². The lowest BCUT2D eigenvalue weighted by molar-refractivity contribution is -0.749. The lowest BCUT2D eigenvalue weighted by Gasteiger charge is -2.24. The molecular weight excluding hydrogens is 316 g/mol. The molecule has 0 amide bonds. The fraction of sp³-hybridized carbons (Fsp3) is 0.0500. The van der Waals surface area contributed by atoms with Crippen molar-refractivity contribution in [2.45, 2.75) is 0 Å². The zero-order chi connectivity index (χ0) is 17.6. The number of methoxy groups -OCH3 is 1. The second-order valence-electron chi connectivity index (χ2n) is 5.43. The molecule has 0 saturated carbocycles. The minimum atomic E-state index is -0.340. The molecule has 0 aromatic heterocycles. The molecule has 126 valence electrons. The van der Waals surface area contributed by atoms with Crippen LogP contribution >= 0.6 is 0 Å². The molecule has 5 nitrogen and oxygen atoms in total. The van der Waals surface area contributed by atoms with Crippen LogP contribution in [0.1, 0.15) is 15.9 Å². The number of nitrogens with one attached hydrogen (secondary N) is 2. The number of hydrogen-bond donors (Lipinski definition) is 2. The Hall–Kier alpha value is -3.15. The third kappa shape index (κ3) is 3.85. The molecule has 0 aliphatic carbocycles. The fourth-order valence-corrected chi connectivity index (χ4v) is 2.50. The molecule has 25 heavy (non-hydrogen) atoms. The minimum Gasteiger partial charge on any atom is -0.603 e. The van der Waals surface area contributed by atoms with Gasteiger partial charge in [-0.25, -0.2) is 10.6 Å². The maximum absolute atomic E-state index is 12.9. The van der Waals surface area contributed by atoms with Gasteiger partial charge in [0, 0.05) is 11.6 Å². The summed E-state index contributed by atoms with van der Waals surface area (Å²) in [5, 5.41) is 12.3. The molecule has 0 aliphatic rings. The second-order valence-corrected chi connectivity index (χ2v) is 5.43. The van der Waals surface area contributed by atoms with Gasteiger partial charge in [0.2, 0.25) is 0 Å². The lowest BCUT2D eigenvalue weighted by atomic mass is 10.0. The van der Waals surface area contributed by atoms with Gasteiger partial charge >= 0.3 is 0 Å². The van der Waals surface area contributed by atoms with E-state index in [4.69, 9.17) is 4.74 Å². The van der Waals surface area contributed by atoms with Crippen molar-refractivity contribution in [2.24, 2.45) is 0 Å². The number of hydrogen-bond acceptors (Lipinski definition) is 4. The highest BCUT2D eigenvalue weighted by Gasteiger charge is 2.20. The van der Waals surface area contributed by atoms with Crippen LogP contribution in [0.4, 0.5) is 11.4 Å². The van der Waals surface area contributed by atoms with Crippen molar-refractivity contribution in [3.8, 4) is 5.75 Å². The predicted octanol–water partition coefficient (Wildman–Crippen LogP) is 2.97. The average Bonchev–Trinajstić information content (AvgIpc) is 2.68. The minimum absolute atomic E-state index is 0.224. The number of quaternary nitrogens is 1. The molecule has 1 unspecified atom stereocenters. The Kier molecular flexibility index (Phi) is 5.09. The van der Waals surface area contributed by atoms with Crippen molar-refractivity contribution in [3.63, 3.8) is 0 Å². The lowest BCUT2D eigenvalue weighted by Crippen LogP contribution is -3.06. The van der Waals surface area contributed by atoms with Crippen LogP contribution < -0.4 is 15.3 Å². The summed E-state index contributed by atoms with van der Waals surface area (Å²) in [6.07, 6.45) is 0. The SMILES string of the molecule is COc1ccc([NH+]([O-])Nc2ccccc2)c(C(=O)c2ccccc2)c1. The number of carbonyl (C=O) groups is 1. The van der Waals surface area contributed by atoms with Gasteiger partial charge in [-0.3, -0.25) is 4.79 Å². The van der Waals surface area contributed by atoms with Gasteiger partial charge < -0.3 is 9.94 Å². The van der Waals surface area contributed by atoms with Crippen molar-refractivity contribution in [2.75, 3.05) is 12.5 Å². The summed E-state index contributed by atoms with van der Waals surface area (Å²) in [5.41, 5.74) is 4.61. The Balaban J connectivity index is 1.97. The number of rotatable bonds is 6. The molecule has 0 saturated heterocycles. The van der Waals surface area contributed by atoms with Crippen LogP contribution in [0, 0.1) is 5.21 Å². The van der Waals surface area contributed by atoms with E-state index in [2.05, 4.69) is 5.43 Å². The molecule has 5 heteroatoms. The highest BCUT2D eigenvalue weighted by atomic mass is 16.5. The molecule has 0 fully saturated rings. The summed E-state index contributed by atoms with van der Waals surface area (Å²) in [5.74, 6) is 0.299. The molecule has 0 radical (unpaired) electrons.